The molecule has 3 nitrogen and oxygen atoms in total. The number of fused-ring (bicyclic) bond motifs is 1. The van der Waals surface area contributed by atoms with Gasteiger partial charge in [-0.25, -0.2) is 0 Å². The monoisotopic (exact) mass is 342 g/mol. The van der Waals surface area contributed by atoms with Gasteiger partial charge in [0.2, 0.25) is 0 Å². The molecular weight excluding hydrogens is 328 g/mol. The zero-order valence-corrected chi connectivity index (χ0v) is 13.0. The van der Waals surface area contributed by atoms with Crippen LogP contribution >= 0.6 is 15.9 Å². The van der Waals surface area contributed by atoms with E-state index in [-0.39, 0.29) is 12.1 Å². The first-order valence-corrected chi connectivity index (χ1v) is 7.97. The van der Waals surface area contributed by atoms with Crippen LogP contribution in [-0.2, 0) is 0 Å². The number of rotatable bonds is 2. The number of nitrogens with zero attached hydrogens (tertiary/aromatic N) is 1. The molecule has 4 heteroatoms. The van der Waals surface area contributed by atoms with E-state index in [9.17, 15) is 4.79 Å². The first-order valence-electron chi connectivity index (χ1n) is 7.18. The number of carbonyl (C=O) groups excluding carboxylic acids is 1. The number of anilines is 1. The van der Waals surface area contributed by atoms with Crippen LogP contribution in [0.3, 0.4) is 0 Å². The summed E-state index contributed by atoms with van der Waals surface area (Å²) in [5, 5.41) is 3.52. The van der Waals surface area contributed by atoms with Crippen molar-refractivity contribution in [3.63, 3.8) is 0 Å². The van der Waals surface area contributed by atoms with E-state index in [0.717, 1.165) is 34.1 Å². The first-order chi connectivity index (χ1) is 10.2. The van der Waals surface area contributed by atoms with Crippen molar-refractivity contribution in [1.82, 2.24) is 4.90 Å². The van der Waals surface area contributed by atoms with E-state index in [4.69, 9.17) is 0 Å². The number of amides is 1. The van der Waals surface area contributed by atoms with Gasteiger partial charge in [0.25, 0.3) is 5.91 Å². The van der Waals surface area contributed by atoms with Crippen LogP contribution in [0, 0.1) is 0 Å². The van der Waals surface area contributed by atoms with Crippen LogP contribution < -0.4 is 5.32 Å². The highest BCUT2D eigenvalue weighted by atomic mass is 79.9. The molecule has 2 aliphatic rings. The lowest BCUT2D eigenvalue weighted by Crippen LogP contribution is -2.44. The van der Waals surface area contributed by atoms with Gasteiger partial charge >= 0.3 is 0 Å². The molecule has 1 heterocycles. The molecule has 2 aromatic rings. The molecule has 0 saturated heterocycles. The van der Waals surface area contributed by atoms with Crippen LogP contribution in [0.15, 0.2) is 53.0 Å². The van der Waals surface area contributed by atoms with Gasteiger partial charge in [0.05, 0.1) is 5.56 Å². The summed E-state index contributed by atoms with van der Waals surface area (Å²) in [4.78, 5) is 14.8. The molecule has 1 unspecified atom stereocenters. The zero-order chi connectivity index (χ0) is 14.4. The maximum atomic E-state index is 12.8. The Kier molecular flexibility index (Phi) is 3.00. The van der Waals surface area contributed by atoms with E-state index >= 15 is 0 Å². The van der Waals surface area contributed by atoms with Gasteiger partial charge < -0.3 is 10.2 Å². The van der Waals surface area contributed by atoms with Crippen LogP contribution in [-0.4, -0.2) is 16.8 Å². The summed E-state index contributed by atoms with van der Waals surface area (Å²) in [6, 6.07) is 16.3. The highest BCUT2D eigenvalue weighted by Crippen LogP contribution is 2.40. The average Bonchev–Trinajstić information content (AvgIpc) is 3.32. The Balaban J connectivity index is 1.78. The third-order valence-electron chi connectivity index (χ3n) is 4.09. The molecule has 0 bridgehead atoms. The Hall–Kier alpha value is -1.81. The second kappa shape index (κ2) is 4.88. The number of benzene rings is 2. The number of halogens is 1. The van der Waals surface area contributed by atoms with Crippen molar-refractivity contribution in [2.45, 2.75) is 25.0 Å². The Morgan fingerprint density at radius 1 is 1.05 bits per heavy atom. The fourth-order valence-electron chi connectivity index (χ4n) is 2.89. The van der Waals surface area contributed by atoms with Crippen LogP contribution in [0.2, 0.25) is 0 Å². The third kappa shape index (κ3) is 2.23. The highest BCUT2D eigenvalue weighted by molar-refractivity contribution is 9.10. The van der Waals surface area contributed by atoms with Crippen molar-refractivity contribution in [3.05, 3.63) is 64.1 Å². The van der Waals surface area contributed by atoms with Crippen molar-refractivity contribution >= 4 is 27.5 Å². The fraction of sp³-hybridized carbons (Fsp3) is 0.235. The molecule has 21 heavy (non-hydrogen) atoms. The zero-order valence-electron chi connectivity index (χ0n) is 11.4. The molecular formula is C17H15BrN2O. The lowest BCUT2D eigenvalue weighted by atomic mass is 10.0. The second-order valence-electron chi connectivity index (χ2n) is 5.59. The van der Waals surface area contributed by atoms with Gasteiger partial charge in [-0.3, -0.25) is 4.79 Å². The van der Waals surface area contributed by atoms with Crippen molar-refractivity contribution < 1.29 is 4.79 Å². The molecule has 106 valence electrons. The summed E-state index contributed by atoms with van der Waals surface area (Å²) in [6.45, 7) is 0. The van der Waals surface area contributed by atoms with Crippen LogP contribution in [0.1, 0.15) is 34.9 Å². The molecule has 1 aliphatic carbocycles. The topological polar surface area (TPSA) is 32.3 Å². The number of para-hydroxylation sites is 1. The van der Waals surface area contributed by atoms with Crippen molar-refractivity contribution in [2.75, 3.05) is 5.32 Å². The molecule has 1 N–H and O–H groups in total. The Morgan fingerprint density at radius 2 is 1.76 bits per heavy atom. The minimum absolute atomic E-state index is 0.0759. The van der Waals surface area contributed by atoms with E-state index in [1.807, 2.05) is 41.3 Å². The molecule has 0 spiro atoms. The average molecular weight is 343 g/mol. The lowest BCUT2D eigenvalue weighted by molar-refractivity contribution is 0.0666. The summed E-state index contributed by atoms with van der Waals surface area (Å²) < 4.78 is 1.05. The Bertz CT molecular complexity index is 694. The molecule has 1 fully saturated rings. The van der Waals surface area contributed by atoms with Gasteiger partial charge in [-0.1, -0.05) is 40.2 Å². The maximum absolute atomic E-state index is 12.8. The molecule has 1 atom stereocenters. The lowest BCUT2D eigenvalue weighted by Gasteiger charge is -2.38. The molecule has 1 saturated carbocycles. The first kappa shape index (κ1) is 12.9. The van der Waals surface area contributed by atoms with Gasteiger partial charge in [-0.2, -0.15) is 0 Å². The largest absolute Gasteiger partial charge is 0.361 e. The predicted molar refractivity (Wildman–Crippen MR) is 86.1 cm³/mol. The maximum Gasteiger partial charge on any atom is 0.258 e. The van der Waals surface area contributed by atoms with E-state index in [1.54, 1.807) is 0 Å². The van der Waals surface area contributed by atoms with Gasteiger partial charge in [0, 0.05) is 16.2 Å². The van der Waals surface area contributed by atoms with Gasteiger partial charge in [-0.05, 0) is 42.7 Å². The van der Waals surface area contributed by atoms with E-state index < -0.39 is 0 Å². The van der Waals surface area contributed by atoms with Gasteiger partial charge in [0.15, 0.2) is 0 Å². The predicted octanol–water partition coefficient (Wildman–Crippen LogP) is 4.18. The molecule has 4 rings (SSSR count). The standard InChI is InChI=1S/C17H15BrN2O/c18-12-7-5-11(6-8-12)16-19-15-4-2-1-3-14(15)17(21)20(16)13-9-10-13/h1-8,13,16,19H,9-10H2. The van der Waals surface area contributed by atoms with E-state index in [0.29, 0.717) is 6.04 Å². The number of nitrogens with one attached hydrogen (secondary N) is 1. The SMILES string of the molecule is O=C1c2ccccc2NC(c2ccc(Br)cc2)N1C1CC1. The number of hydrogen-bond donors (Lipinski definition) is 1. The van der Waals surface area contributed by atoms with Gasteiger partial charge in [-0.15, -0.1) is 0 Å². The smallest absolute Gasteiger partial charge is 0.258 e. The van der Waals surface area contributed by atoms with E-state index in [1.165, 1.54) is 0 Å². The normalized spacial score (nSPS) is 20.9. The second-order valence-corrected chi connectivity index (χ2v) is 6.50. The van der Waals surface area contributed by atoms with Crippen molar-refractivity contribution in [3.8, 4) is 0 Å². The van der Waals surface area contributed by atoms with Crippen LogP contribution in [0.5, 0.6) is 0 Å². The number of hydrogen-bond acceptors (Lipinski definition) is 2. The molecule has 0 radical (unpaired) electrons. The Labute approximate surface area is 132 Å². The third-order valence-corrected chi connectivity index (χ3v) is 4.62. The summed E-state index contributed by atoms with van der Waals surface area (Å²) in [5.41, 5.74) is 2.82. The van der Waals surface area contributed by atoms with Crippen molar-refractivity contribution in [1.29, 1.82) is 0 Å². The number of carbonyl (C=O) groups is 1. The van der Waals surface area contributed by atoms with Crippen LogP contribution in [0.4, 0.5) is 5.69 Å². The molecule has 0 aromatic heterocycles. The highest BCUT2D eigenvalue weighted by Gasteiger charge is 2.41. The summed E-state index contributed by atoms with van der Waals surface area (Å²) in [7, 11) is 0. The minimum Gasteiger partial charge on any atom is -0.361 e. The van der Waals surface area contributed by atoms with E-state index in [2.05, 4.69) is 33.4 Å². The molecule has 2 aromatic carbocycles. The quantitative estimate of drug-likeness (QED) is 0.887. The van der Waals surface area contributed by atoms with Crippen LogP contribution in [0.25, 0.3) is 0 Å². The Morgan fingerprint density at radius 3 is 2.48 bits per heavy atom. The summed E-state index contributed by atoms with van der Waals surface area (Å²) >= 11 is 3.46. The van der Waals surface area contributed by atoms with Gasteiger partial charge in [0.1, 0.15) is 6.17 Å². The minimum atomic E-state index is -0.0759. The fourth-order valence-corrected chi connectivity index (χ4v) is 3.15. The molecule has 1 amide bonds. The molecule has 1 aliphatic heterocycles. The van der Waals surface area contributed by atoms with Crippen molar-refractivity contribution in [2.24, 2.45) is 0 Å². The summed E-state index contributed by atoms with van der Waals surface area (Å²) in [6.07, 6.45) is 2.12. The summed E-state index contributed by atoms with van der Waals surface area (Å²) in [5.74, 6) is 0.139.